The van der Waals surface area contributed by atoms with Gasteiger partial charge in [0, 0.05) is 72.2 Å². The van der Waals surface area contributed by atoms with Crippen LogP contribution in [-0.2, 0) is 16.6 Å². The molecular weight excluding hydrogens is 676 g/mol. The molecule has 1 unspecified atom stereocenters. The summed E-state index contributed by atoms with van der Waals surface area (Å²) in [5.74, 6) is -0.349. The molecule has 5 aromatic rings. The number of aromatic nitrogens is 7. The number of carbonyl (C=O) groups excluding carboxylic acids is 3. The van der Waals surface area contributed by atoms with Crippen molar-refractivity contribution in [3.8, 4) is 0 Å². The molecule has 3 aliphatic rings. The van der Waals surface area contributed by atoms with Crippen LogP contribution in [0.4, 0.5) is 17.1 Å². The third-order valence-electron chi connectivity index (χ3n) is 11.3. The van der Waals surface area contributed by atoms with E-state index in [4.69, 9.17) is 5.10 Å². The van der Waals surface area contributed by atoms with Gasteiger partial charge >= 0.3 is 5.69 Å². The molecule has 8 rings (SSSR count). The first-order valence-electron chi connectivity index (χ1n) is 18.4. The Morgan fingerprint density at radius 1 is 0.981 bits per heavy atom. The molecule has 1 saturated carbocycles. The summed E-state index contributed by atoms with van der Waals surface area (Å²) in [6.45, 7) is 6.72. The summed E-state index contributed by atoms with van der Waals surface area (Å²) in [7, 11) is 5.60. The van der Waals surface area contributed by atoms with E-state index in [1.54, 1.807) is 28.5 Å². The van der Waals surface area contributed by atoms with Crippen LogP contribution < -0.4 is 26.1 Å². The monoisotopic (exact) mass is 722 g/mol. The second-order valence-corrected chi connectivity index (χ2v) is 14.9. The second kappa shape index (κ2) is 13.8. The van der Waals surface area contributed by atoms with Gasteiger partial charge in [-0.1, -0.05) is 0 Å². The molecule has 6 heterocycles. The normalized spacial score (nSPS) is 21.4. The molecule has 1 atom stereocenters. The lowest BCUT2D eigenvalue weighted by Crippen LogP contribution is -2.48. The number of hydrogen-bond acceptors (Lipinski definition) is 10. The molecule has 278 valence electrons. The number of imidazole rings is 1. The lowest BCUT2D eigenvalue weighted by atomic mass is 9.85. The highest BCUT2D eigenvalue weighted by atomic mass is 16.2. The number of fused-ring (bicyclic) bond motifs is 2. The quantitative estimate of drug-likeness (QED) is 0.228. The maximum absolute atomic E-state index is 13.2. The summed E-state index contributed by atoms with van der Waals surface area (Å²) >= 11 is 0. The number of piperazine rings is 1. The molecule has 4 aromatic heterocycles. The van der Waals surface area contributed by atoms with Gasteiger partial charge in [0.1, 0.15) is 11.6 Å². The van der Waals surface area contributed by atoms with Crippen LogP contribution in [0.15, 0.2) is 47.8 Å². The summed E-state index contributed by atoms with van der Waals surface area (Å²) in [5, 5.41) is 14.5. The number of imide groups is 1. The van der Waals surface area contributed by atoms with E-state index in [1.807, 2.05) is 61.2 Å². The number of anilines is 3. The van der Waals surface area contributed by atoms with Crippen LogP contribution in [-0.4, -0.2) is 103 Å². The van der Waals surface area contributed by atoms with E-state index in [0.717, 1.165) is 81.0 Å². The molecule has 1 aliphatic carbocycles. The highest BCUT2D eigenvalue weighted by molar-refractivity contribution is 6.08. The van der Waals surface area contributed by atoms with Crippen LogP contribution in [0.5, 0.6) is 0 Å². The van der Waals surface area contributed by atoms with Gasteiger partial charge in [-0.2, -0.15) is 10.2 Å². The van der Waals surface area contributed by atoms with Crippen LogP contribution >= 0.6 is 0 Å². The van der Waals surface area contributed by atoms with Crippen molar-refractivity contribution in [3.63, 3.8) is 0 Å². The highest BCUT2D eigenvalue weighted by Crippen LogP contribution is 2.34. The van der Waals surface area contributed by atoms with Gasteiger partial charge in [0.25, 0.3) is 5.91 Å². The summed E-state index contributed by atoms with van der Waals surface area (Å²) in [5.41, 5.74) is 5.59. The third-order valence-corrected chi connectivity index (χ3v) is 11.3. The topological polar surface area (TPSA) is 160 Å². The average Bonchev–Trinajstić information content (AvgIpc) is 3.82. The van der Waals surface area contributed by atoms with E-state index < -0.39 is 11.9 Å². The number of hydrogen-bond donors (Lipinski definition) is 2. The maximum Gasteiger partial charge on any atom is 0.329 e. The Labute approximate surface area is 306 Å². The number of carbonyl (C=O) groups is 3. The van der Waals surface area contributed by atoms with Crippen LogP contribution in [0.2, 0.25) is 0 Å². The second-order valence-electron chi connectivity index (χ2n) is 14.9. The molecule has 53 heavy (non-hydrogen) atoms. The van der Waals surface area contributed by atoms with Gasteiger partial charge in [0.05, 0.1) is 52.7 Å². The van der Waals surface area contributed by atoms with Crippen molar-refractivity contribution >= 4 is 51.5 Å². The first-order chi connectivity index (χ1) is 25.5. The van der Waals surface area contributed by atoms with Gasteiger partial charge in [-0.05, 0) is 63.1 Å². The lowest BCUT2D eigenvalue weighted by Gasteiger charge is -2.39. The number of benzene rings is 1. The van der Waals surface area contributed by atoms with Gasteiger partial charge in [-0.15, -0.1) is 0 Å². The molecule has 0 bridgehead atoms. The molecule has 3 fully saturated rings. The third kappa shape index (κ3) is 6.55. The van der Waals surface area contributed by atoms with Gasteiger partial charge in [-0.3, -0.25) is 38.4 Å². The smallest absolute Gasteiger partial charge is 0.329 e. The van der Waals surface area contributed by atoms with E-state index in [1.165, 1.54) is 4.57 Å². The van der Waals surface area contributed by atoms with E-state index >= 15 is 0 Å². The Kier molecular flexibility index (Phi) is 9.00. The highest BCUT2D eigenvalue weighted by Gasteiger charge is 2.32. The summed E-state index contributed by atoms with van der Waals surface area (Å²) in [6.07, 6.45) is 12.0. The number of amides is 3. The Balaban J connectivity index is 0.837. The SMILES string of the molecule is Cc1nn([C@H]2CC[C@H](CN3CCN(c4ccc5c(c4)n(C)c(=O)n5C4CCC(=O)NC4=O)CC3)CC2)cc1NC(=O)c1cnn2cc(N(C)C)cnc12. The van der Waals surface area contributed by atoms with Crippen LogP contribution in [0.1, 0.15) is 66.7 Å². The Bertz CT molecular complexity index is 2270. The molecule has 2 aliphatic heterocycles. The Hall–Kier alpha value is -5.51. The van der Waals surface area contributed by atoms with E-state index in [9.17, 15) is 19.2 Å². The Morgan fingerprint density at radius 3 is 2.49 bits per heavy atom. The number of piperidine rings is 1. The molecule has 0 spiro atoms. The number of aryl methyl sites for hydroxylation is 2. The van der Waals surface area contributed by atoms with Crippen molar-refractivity contribution in [1.82, 2.24) is 43.7 Å². The average molecular weight is 723 g/mol. The molecule has 2 N–H and O–H groups in total. The predicted octanol–water partition coefficient (Wildman–Crippen LogP) is 2.74. The van der Waals surface area contributed by atoms with Gasteiger partial charge in [0.15, 0.2) is 5.65 Å². The predicted molar refractivity (Wildman–Crippen MR) is 200 cm³/mol. The maximum atomic E-state index is 13.2. The standard InChI is InChI=1S/C37H46N12O4/c1-23-29(40-35(51)28-19-39-48-21-27(43(2)3)18-38-34(28)48)22-47(42-23)25-7-5-24(6-8-25)20-45-13-15-46(16-14-45)26-9-10-30-32(17-26)44(4)37(53)49(30)31-11-12-33(50)41-36(31)52/h9-10,17-19,21-22,24-25,31H,5-8,11-16,20H2,1-4H3,(H,40,51)(H,41,50,52)/t24-,25-,31?. The fourth-order valence-corrected chi connectivity index (χ4v) is 8.16. The minimum absolute atomic E-state index is 0.220. The minimum Gasteiger partial charge on any atom is -0.375 e. The number of nitrogens with one attached hydrogen (secondary N) is 2. The van der Waals surface area contributed by atoms with Crippen LogP contribution in [0, 0.1) is 12.8 Å². The van der Waals surface area contributed by atoms with Crippen molar-refractivity contribution in [2.75, 3.05) is 61.9 Å². The van der Waals surface area contributed by atoms with Crippen LogP contribution in [0.25, 0.3) is 16.7 Å². The molecule has 3 amide bonds. The summed E-state index contributed by atoms with van der Waals surface area (Å²) in [4.78, 5) is 62.0. The summed E-state index contributed by atoms with van der Waals surface area (Å²) in [6, 6.07) is 5.62. The molecule has 2 saturated heterocycles. The lowest BCUT2D eigenvalue weighted by molar-refractivity contribution is -0.135. The Morgan fingerprint density at radius 2 is 1.75 bits per heavy atom. The van der Waals surface area contributed by atoms with Crippen molar-refractivity contribution < 1.29 is 14.4 Å². The zero-order chi connectivity index (χ0) is 37.0. The van der Waals surface area contributed by atoms with Crippen molar-refractivity contribution in [2.24, 2.45) is 13.0 Å². The van der Waals surface area contributed by atoms with Gasteiger partial charge in [0.2, 0.25) is 11.8 Å². The van der Waals surface area contributed by atoms with Gasteiger partial charge in [-0.25, -0.2) is 14.3 Å². The molecular formula is C37H46N12O4. The fraction of sp³-hybridized carbons (Fsp3) is 0.486. The summed E-state index contributed by atoms with van der Waals surface area (Å²) < 4.78 is 6.78. The molecule has 16 heteroatoms. The van der Waals surface area contributed by atoms with Crippen molar-refractivity contribution in [1.29, 1.82) is 0 Å². The fourth-order valence-electron chi connectivity index (χ4n) is 8.16. The van der Waals surface area contributed by atoms with E-state index in [2.05, 4.69) is 30.5 Å². The molecule has 0 radical (unpaired) electrons. The number of nitrogens with zero attached hydrogens (tertiary/aromatic N) is 10. The minimum atomic E-state index is -0.687. The molecule has 1 aromatic carbocycles. The zero-order valence-corrected chi connectivity index (χ0v) is 30.7. The van der Waals surface area contributed by atoms with Gasteiger partial charge < -0.3 is 15.1 Å². The number of rotatable bonds is 8. The first-order valence-corrected chi connectivity index (χ1v) is 18.4. The van der Waals surface area contributed by atoms with E-state index in [-0.39, 0.29) is 23.9 Å². The zero-order valence-electron chi connectivity index (χ0n) is 30.7. The largest absolute Gasteiger partial charge is 0.375 e. The van der Waals surface area contributed by atoms with Crippen LogP contribution in [0.3, 0.4) is 0 Å². The van der Waals surface area contributed by atoms with E-state index in [0.29, 0.717) is 40.8 Å². The molecule has 16 nitrogen and oxygen atoms in total. The first kappa shape index (κ1) is 34.6. The van der Waals surface area contributed by atoms with Crippen molar-refractivity contribution in [2.45, 2.75) is 57.5 Å². The van der Waals surface area contributed by atoms with Crippen molar-refractivity contribution in [3.05, 3.63) is 64.7 Å².